The lowest BCUT2D eigenvalue weighted by atomic mass is 9.86. The second kappa shape index (κ2) is 6.67. The van der Waals surface area contributed by atoms with Gasteiger partial charge in [0.05, 0.1) is 11.6 Å². The molecule has 5 nitrogen and oxygen atoms in total. The van der Waals surface area contributed by atoms with E-state index < -0.39 is 17.7 Å². The van der Waals surface area contributed by atoms with Gasteiger partial charge in [0.15, 0.2) is 0 Å². The van der Waals surface area contributed by atoms with Crippen LogP contribution in [-0.2, 0) is 14.3 Å². The van der Waals surface area contributed by atoms with E-state index in [-0.39, 0.29) is 47.1 Å². The molecule has 25 heavy (non-hydrogen) atoms. The van der Waals surface area contributed by atoms with Crippen molar-refractivity contribution in [2.75, 3.05) is 18.9 Å². The van der Waals surface area contributed by atoms with Crippen LogP contribution in [0.25, 0.3) is 0 Å². The highest BCUT2D eigenvalue weighted by atomic mass is 35.5. The van der Waals surface area contributed by atoms with Crippen molar-refractivity contribution < 1.29 is 18.7 Å². The van der Waals surface area contributed by atoms with Crippen molar-refractivity contribution in [3.05, 3.63) is 40.3 Å². The van der Waals surface area contributed by atoms with Gasteiger partial charge in [0.25, 0.3) is 0 Å². The average molecular weight is 367 g/mol. The summed E-state index contributed by atoms with van der Waals surface area (Å²) in [6, 6.07) is 2.91. The van der Waals surface area contributed by atoms with Crippen LogP contribution in [0.5, 0.6) is 0 Å². The molecule has 3 atom stereocenters. The fourth-order valence-electron chi connectivity index (χ4n) is 3.69. The molecule has 2 N–H and O–H groups in total. The van der Waals surface area contributed by atoms with Crippen LogP contribution in [0.1, 0.15) is 31.7 Å². The van der Waals surface area contributed by atoms with Gasteiger partial charge in [-0.1, -0.05) is 24.6 Å². The Morgan fingerprint density at radius 3 is 2.88 bits per heavy atom. The van der Waals surface area contributed by atoms with Gasteiger partial charge in [-0.3, -0.25) is 9.59 Å². The molecule has 0 aliphatic carbocycles. The molecule has 0 radical (unpaired) electrons. The van der Waals surface area contributed by atoms with Crippen molar-refractivity contribution in [2.24, 2.45) is 11.8 Å². The molecule has 2 aliphatic rings. The number of carbonyl (C=O) groups excluding carboxylic acids is 2. The fraction of sp³-hybridized carbons (Fsp3) is 0.444. The van der Waals surface area contributed by atoms with E-state index in [1.54, 1.807) is 17.9 Å². The molecule has 1 fully saturated rings. The molecule has 134 valence electrons. The number of carbonyl (C=O) groups is 2. The topological polar surface area (TPSA) is 72.6 Å². The number of esters is 1. The van der Waals surface area contributed by atoms with Gasteiger partial charge in [-0.05, 0) is 25.0 Å². The lowest BCUT2D eigenvalue weighted by Crippen LogP contribution is -2.33. The lowest BCUT2D eigenvalue weighted by molar-refractivity contribution is -0.147. The second-order valence-electron chi connectivity index (χ2n) is 6.48. The number of allylic oxidation sites excluding steroid dienone is 1. The second-order valence-corrected chi connectivity index (χ2v) is 6.88. The fourth-order valence-corrected chi connectivity index (χ4v) is 3.85. The van der Waals surface area contributed by atoms with Gasteiger partial charge in [0.1, 0.15) is 11.7 Å². The first-order valence-corrected chi connectivity index (χ1v) is 8.65. The summed E-state index contributed by atoms with van der Waals surface area (Å²) < 4.78 is 19.7. The minimum Gasteiger partial charge on any atom is -0.465 e. The zero-order chi connectivity index (χ0) is 18.3. The van der Waals surface area contributed by atoms with E-state index in [9.17, 15) is 14.0 Å². The third-order valence-electron chi connectivity index (χ3n) is 4.82. The number of amides is 1. The standard InChI is InChI=1S/C18H20ClFN2O3/c1-3-25-18(24)15-9(2)8-22-13(15)6-10(7-14(22)23)16-12(21)5-4-11(19)17(16)20/h4-6,9-10,15H,3,7-8,21H2,1-2H3. The molecule has 0 spiro atoms. The van der Waals surface area contributed by atoms with Gasteiger partial charge in [-0.15, -0.1) is 0 Å². The first-order valence-electron chi connectivity index (χ1n) is 8.27. The van der Waals surface area contributed by atoms with Gasteiger partial charge >= 0.3 is 5.97 Å². The highest BCUT2D eigenvalue weighted by Gasteiger charge is 2.45. The summed E-state index contributed by atoms with van der Waals surface area (Å²) in [6.07, 6.45) is 1.85. The average Bonchev–Trinajstić information content (AvgIpc) is 2.88. The van der Waals surface area contributed by atoms with Crippen LogP contribution < -0.4 is 5.73 Å². The molecule has 3 unspecified atom stereocenters. The van der Waals surface area contributed by atoms with E-state index >= 15 is 0 Å². The molecule has 0 aromatic heterocycles. The molecular weight excluding hydrogens is 347 g/mol. The van der Waals surface area contributed by atoms with Crippen molar-refractivity contribution in [1.29, 1.82) is 0 Å². The summed E-state index contributed by atoms with van der Waals surface area (Å²) in [5.74, 6) is -2.29. The van der Waals surface area contributed by atoms with E-state index in [1.165, 1.54) is 12.1 Å². The number of fused-ring (bicyclic) bond motifs is 1. The third-order valence-corrected chi connectivity index (χ3v) is 5.11. The zero-order valence-electron chi connectivity index (χ0n) is 14.1. The predicted octanol–water partition coefficient (Wildman–Crippen LogP) is 3.09. The molecule has 1 aromatic rings. The molecule has 0 bridgehead atoms. The first-order chi connectivity index (χ1) is 11.8. The summed E-state index contributed by atoms with van der Waals surface area (Å²) in [4.78, 5) is 26.5. The zero-order valence-corrected chi connectivity index (χ0v) is 14.8. The number of hydrogen-bond donors (Lipinski definition) is 1. The normalized spacial score (nSPS) is 25.6. The van der Waals surface area contributed by atoms with Crippen LogP contribution in [0.15, 0.2) is 23.9 Å². The maximum atomic E-state index is 14.5. The highest BCUT2D eigenvalue weighted by molar-refractivity contribution is 6.30. The summed E-state index contributed by atoms with van der Waals surface area (Å²) >= 11 is 5.88. The van der Waals surface area contributed by atoms with Crippen molar-refractivity contribution >= 4 is 29.2 Å². The number of hydrogen-bond acceptors (Lipinski definition) is 4. The maximum Gasteiger partial charge on any atom is 0.315 e. The molecule has 1 amide bonds. The molecule has 1 saturated heterocycles. The van der Waals surface area contributed by atoms with E-state index in [0.717, 1.165) is 0 Å². The van der Waals surface area contributed by atoms with Gasteiger partial charge in [0, 0.05) is 35.8 Å². The Morgan fingerprint density at radius 2 is 2.20 bits per heavy atom. The summed E-state index contributed by atoms with van der Waals surface area (Å²) in [7, 11) is 0. The van der Waals surface area contributed by atoms with Crippen LogP contribution in [0.2, 0.25) is 5.02 Å². The van der Waals surface area contributed by atoms with Crippen molar-refractivity contribution in [1.82, 2.24) is 4.90 Å². The number of nitrogens with zero attached hydrogens (tertiary/aromatic N) is 1. The van der Waals surface area contributed by atoms with Crippen molar-refractivity contribution in [3.63, 3.8) is 0 Å². The van der Waals surface area contributed by atoms with Gasteiger partial charge < -0.3 is 15.4 Å². The number of nitrogens with two attached hydrogens (primary N) is 1. The summed E-state index contributed by atoms with van der Waals surface area (Å²) in [6.45, 7) is 4.36. The van der Waals surface area contributed by atoms with Crippen LogP contribution in [-0.4, -0.2) is 29.9 Å². The molecule has 7 heteroatoms. The number of ether oxygens (including phenoxy) is 1. The largest absolute Gasteiger partial charge is 0.465 e. The number of nitrogen functional groups attached to an aromatic ring is 1. The Bertz CT molecular complexity index is 765. The van der Waals surface area contributed by atoms with Crippen molar-refractivity contribution in [2.45, 2.75) is 26.2 Å². The van der Waals surface area contributed by atoms with Crippen LogP contribution in [0.3, 0.4) is 0 Å². The molecule has 2 heterocycles. The Balaban J connectivity index is 2.05. The molecule has 2 aliphatic heterocycles. The smallest absolute Gasteiger partial charge is 0.315 e. The lowest BCUT2D eigenvalue weighted by Gasteiger charge is -2.29. The van der Waals surface area contributed by atoms with Crippen molar-refractivity contribution in [3.8, 4) is 0 Å². The number of benzene rings is 1. The van der Waals surface area contributed by atoms with Gasteiger partial charge in [-0.2, -0.15) is 0 Å². The van der Waals surface area contributed by atoms with E-state index in [0.29, 0.717) is 12.2 Å². The Labute approximate surface area is 150 Å². The van der Waals surface area contributed by atoms with Crippen LogP contribution >= 0.6 is 11.6 Å². The molecule has 3 rings (SSSR count). The highest BCUT2D eigenvalue weighted by Crippen LogP contribution is 2.43. The number of rotatable bonds is 3. The van der Waals surface area contributed by atoms with Crippen LogP contribution in [0, 0.1) is 17.7 Å². The molecular formula is C18H20ClFN2O3. The molecule has 1 aromatic carbocycles. The summed E-state index contributed by atoms with van der Waals surface area (Å²) in [5, 5.41) is -0.0424. The van der Waals surface area contributed by atoms with Gasteiger partial charge in [0.2, 0.25) is 5.91 Å². The van der Waals surface area contributed by atoms with Crippen LogP contribution in [0.4, 0.5) is 10.1 Å². The number of anilines is 1. The Morgan fingerprint density at radius 1 is 1.48 bits per heavy atom. The monoisotopic (exact) mass is 366 g/mol. The Kier molecular flexibility index (Phi) is 4.73. The minimum absolute atomic E-state index is 0.0424. The van der Waals surface area contributed by atoms with E-state index in [1.807, 2.05) is 6.92 Å². The quantitative estimate of drug-likeness (QED) is 0.659. The van der Waals surface area contributed by atoms with E-state index in [4.69, 9.17) is 22.1 Å². The van der Waals surface area contributed by atoms with E-state index in [2.05, 4.69) is 0 Å². The SMILES string of the molecule is CCOC(=O)C1C2=CC(c3c(N)ccc(Cl)c3F)CC(=O)N2CC1C. The predicted molar refractivity (Wildman–Crippen MR) is 92.3 cm³/mol. The Hall–Kier alpha value is -2.08. The van der Waals surface area contributed by atoms with Gasteiger partial charge in [-0.25, -0.2) is 4.39 Å². The minimum atomic E-state index is -0.622. The third kappa shape index (κ3) is 2.99. The maximum absolute atomic E-state index is 14.5. The summed E-state index contributed by atoms with van der Waals surface area (Å²) in [5.41, 5.74) is 6.95. The number of halogens is 2. The first kappa shape index (κ1) is 17.7. The molecule has 0 saturated carbocycles.